The first kappa shape index (κ1) is 24.5. The summed E-state index contributed by atoms with van der Waals surface area (Å²) in [6.45, 7) is -0.552. The minimum atomic E-state index is -0.637. The Balaban J connectivity index is 1.34. The molecule has 0 spiro atoms. The van der Waals surface area contributed by atoms with Gasteiger partial charge in [-0.2, -0.15) is 5.26 Å². The lowest BCUT2D eigenvalue weighted by molar-refractivity contribution is -0.118. The second-order valence-electron chi connectivity index (χ2n) is 8.75. The van der Waals surface area contributed by atoms with Gasteiger partial charge >= 0.3 is 0 Å². The number of rotatable bonds is 7. The molecular weight excluding hydrogens is 508 g/mol. The second kappa shape index (κ2) is 10.5. The summed E-state index contributed by atoms with van der Waals surface area (Å²) in [6.07, 6.45) is 1.44. The van der Waals surface area contributed by atoms with E-state index in [1.165, 1.54) is 6.26 Å². The maximum absolute atomic E-state index is 13.3. The van der Waals surface area contributed by atoms with Gasteiger partial charge in [-0.25, -0.2) is 0 Å². The van der Waals surface area contributed by atoms with Gasteiger partial charge in [0.1, 0.15) is 23.0 Å². The lowest BCUT2D eigenvalue weighted by Gasteiger charge is -2.10. The number of hydrogen-bond acceptors (Lipinski definition) is 7. The Labute approximate surface area is 227 Å². The molecular formula is C32H20N2O6. The molecule has 0 unspecified atom stereocenters. The highest BCUT2D eigenvalue weighted by atomic mass is 16.5. The predicted octanol–water partition coefficient (Wildman–Crippen LogP) is 6.87. The molecule has 8 heteroatoms. The summed E-state index contributed by atoms with van der Waals surface area (Å²) in [5.41, 5.74) is 2.13. The van der Waals surface area contributed by atoms with Crippen molar-refractivity contribution in [3.05, 3.63) is 119 Å². The van der Waals surface area contributed by atoms with E-state index < -0.39 is 17.9 Å². The van der Waals surface area contributed by atoms with Crippen molar-refractivity contribution < 1.29 is 22.8 Å². The Kier molecular flexibility index (Phi) is 6.45. The molecule has 0 bridgehead atoms. The molecule has 1 N–H and O–H groups in total. The van der Waals surface area contributed by atoms with E-state index in [0.717, 1.165) is 11.1 Å². The Morgan fingerprint density at radius 3 is 2.23 bits per heavy atom. The molecule has 0 aliphatic rings. The fourth-order valence-corrected chi connectivity index (χ4v) is 4.43. The Hall–Kier alpha value is -5.81. The van der Waals surface area contributed by atoms with Crippen molar-refractivity contribution in [1.82, 2.24) is 0 Å². The molecule has 0 radical (unpaired) electrons. The van der Waals surface area contributed by atoms with E-state index in [2.05, 4.69) is 11.4 Å². The zero-order valence-corrected chi connectivity index (χ0v) is 20.9. The summed E-state index contributed by atoms with van der Waals surface area (Å²) >= 11 is 0. The van der Waals surface area contributed by atoms with Gasteiger partial charge in [-0.1, -0.05) is 72.8 Å². The number of nitrogens with one attached hydrogen (secondary N) is 1. The Bertz CT molecular complexity index is 1910. The van der Waals surface area contributed by atoms with E-state index in [4.69, 9.17) is 18.0 Å². The van der Waals surface area contributed by atoms with Crippen LogP contribution < -0.4 is 15.5 Å². The third-order valence-corrected chi connectivity index (χ3v) is 6.22. The summed E-state index contributed by atoms with van der Waals surface area (Å²) in [5, 5.41) is 13.0. The van der Waals surface area contributed by atoms with Gasteiger partial charge in [0.05, 0.1) is 11.6 Å². The first-order valence-corrected chi connectivity index (χ1v) is 12.3. The van der Waals surface area contributed by atoms with Gasteiger partial charge in [0.15, 0.2) is 12.4 Å². The van der Waals surface area contributed by atoms with Gasteiger partial charge in [-0.05, 0) is 29.8 Å². The monoisotopic (exact) mass is 528 g/mol. The van der Waals surface area contributed by atoms with Crippen LogP contribution in [0, 0.1) is 11.3 Å². The van der Waals surface area contributed by atoms with E-state index >= 15 is 0 Å². The van der Waals surface area contributed by atoms with Gasteiger partial charge in [-0.3, -0.25) is 14.9 Å². The molecule has 6 aromatic rings. The number of amides is 1. The van der Waals surface area contributed by atoms with Crippen LogP contribution >= 0.6 is 0 Å². The van der Waals surface area contributed by atoms with Gasteiger partial charge in [-0.15, -0.1) is 0 Å². The number of nitriles is 1. The van der Waals surface area contributed by atoms with E-state index in [-0.39, 0.29) is 28.7 Å². The summed E-state index contributed by atoms with van der Waals surface area (Å²) in [6, 6.07) is 30.8. The summed E-state index contributed by atoms with van der Waals surface area (Å²) < 4.78 is 23.1. The van der Waals surface area contributed by atoms with Crippen molar-refractivity contribution in [2.75, 3.05) is 11.9 Å². The number of benzene rings is 3. The molecule has 0 fully saturated rings. The van der Waals surface area contributed by atoms with Crippen LogP contribution in [0.15, 0.2) is 121 Å². The van der Waals surface area contributed by atoms with Gasteiger partial charge in [0.2, 0.25) is 22.8 Å². The van der Waals surface area contributed by atoms with E-state index in [0.29, 0.717) is 22.3 Å². The Morgan fingerprint density at radius 1 is 0.825 bits per heavy atom. The molecule has 3 aromatic carbocycles. The van der Waals surface area contributed by atoms with Gasteiger partial charge in [0, 0.05) is 11.1 Å². The molecule has 0 saturated carbocycles. The number of carbonyl (C=O) groups excluding carboxylic acids is 1. The second-order valence-corrected chi connectivity index (χ2v) is 8.75. The summed E-state index contributed by atoms with van der Waals surface area (Å²) in [4.78, 5) is 26.3. The van der Waals surface area contributed by atoms with Crippen molar-refractivity contribution in [3.63, 3.8) is 0 Å². The highest BCUT2D eigenvalue weighted by molar-refractivity contribution is 5.96. The summed E-state index contributed by atoms with van der Waals surface area (Å²) in [5.74, 6) is -0.0485. The van der Waals surface area contributed by atoms with E-state index in [1.807, 2.05) is 60.7 Å². The van der Waals surface area contributed by atoms with E-state index in [1.54, 1.807) is 36.4 Å². The van der Waals surface area contributed by atoms with Crippen molar-refractivity contribution in [1.29, 1.82) is 5.26 Å². The van der Waals surface area contributed by atoms with Gasteiger partial charge in [0.25, 0.3) is 5.91 Å². The zero-order valence-electron chi connectivity index (χ0n) is 20.9. The van der Waals surface area contributed by atoms with Crippen LogP contribution in [0.5, 0.6) is 5.75 Å². The number of para-hydroxylation sites is 1. The molecule has 1 amide bonds. The SMILES string of the molecule is N#Cc1c(NC(=O)COc2c(-c3ccco3)oc3ccccc3c2=O)oc(-c2ccccc2)c1-c1ccccc1. The van der Waals surface area contributed by atoms with Crippen LogP contribution in [0.4, 0.5) is 5.88 Å². The van der Waals surface area contributed by atoms with Crippen LogP contribution in [-0.4, -0.2) is 12.5 Å². The molecule has 6 rings (SSSR count). The third-order valence-electron chi connectivity index (χ3n) is 6.22. The third kappa shape index (κ3) is 4.52. The number of ether oxygens (including phenoxy) is 1. The quantitative estimate of drug-likeness (QED) is 0.240. The first-order chi connectivity index (χ1) is 19.6. The molecule has 0 aliphatic carbocycles. The fraction of sp³-hybridized carbons (Fsp3) is 0.0312. The summed E-state index contributed by atoms with van der Waals surface area (Å²) in [7, 11) is 0. The molecule has 0 saturated heterocycles. The Morgan fingerprint density at radius 2 is 1.52 bits per heavy atom. The van der Waals surface area contributed by atoms with E-state index in [9.17, 15) is 14.9 Å². The number of nitrogens with zero attached hydrogens (tertiary/aromatic N) is 1. The minimum absolute atomic E-state index is 0.0226. The van der Waals surface area contributed by atoms with Crippen molar-refractivity contribution in [2.45, 2.75) is 0 Å². The van der Waals surface area contributed by atoms with Crippen LogP contribution in [0.25, 0.3) is 44.9 Å². The largest absolute Gasteiger partial charge is 0.476 e. The highest BCUT2D eigenvalue weighted by Gasteiger charge is 2.25. The van der Waals surface area contributed by atoms with Crippen LogP contribution in [0.2, 0.25) is 0 Å². The van der Waals surface area contributed by atoms with Crippen LogP contribution in [0.1, 0.15) is 5.56 Å². The average molecular weight is 529 g/mol. The van der Waals surface area contributed by atoms with Crippen molar-refractivity contribution >= 4 is 22.8 Å². The lowest BCUT2D eigenvalue weighted by Crippen LogP contribution is -2.22. The lowest BCUT2D eigenvalue weighted by atomic mass is 9.98. The smallest absolute Gasteiger partial charge is 0.264 e. The number of anilines is 1. The van der Waals surface area contributed by atoms with Crippen LogP contribution in [-0.2, 0) is 4.79 Å². The van der Waals surface area contributed by atoms with Gasteiger partial charge < -0.3 is 18.0 Å². The molecule has 3 aromatic heterocycles. The molecule has 40 heavy (non-hydrogen) atoms. The van der Waals surface area contributed by atoms with Crippen LogP contribution in [0.3, 0.4) is 0 Å². The molecule has 3 heterocycles. The number of carbonyl (C=O) groups is 1. The number of fused-ring (bicyclic) bond motifs is 1. The number of hydrogen-bond donors (Lipinski definition) is 1. The average Bonchev–Trinajstić information content (AvgIpc) is 3.66. The highest BCUT2D eigenvalue weighted by Crippen LogP contribution is 2.41. The maximum Gasteiger partial charge on any atom is 0.264 e. The molecule has 0 aliphatic heterocycles. The topological polar surface area (TPSA) is 119 Å². The maximum atomic E-state index is 13.3. The first-order valence-electron chi connectivity index (χ1n) is 12.3. The number of furan rings is 2. The van der Waals surface area contributed by atoms with Crippen molar-refractivity contribution in [3.8, 4) is 45.8 Å². The molecule has 8 nitrogen and oxygen atoms in total. The standard InChI is InChI=1S/C32H20N2O6/c33-18-23-27(20-10-3-1-4-11-20)29(21-12-5-2-6-13-21)40-32(23)34-26(35)19-38-31-28(36)22-14-7-8-15-24(22)39-30(31)25-16-9-17-37-25/h1-17H,19H2,(H,34,35). The molecule has 194 valence electrons. The molecule has 0 atom stereocenters. The minimum Gasteiger partial charge on any atom is -0.476 e. The zero-order chi connectivity index (χ0) is 27.5. The normalized spacial score (nSPS) is 10.8. The van der Waals surface area contributed by atoms with Crippen molar-refractivity contribution in [2.24, 2.45) is 0 Å². The predicted molar refractivity (Wildman–Crippen MR) is 149 cm³/mol. The fourth-order valence-electron chi connectivity index (χ4n) is 4.43.